The summed E-state index contributed by atoms with van der Waals surface area (Å²) in [6.07, 6.45) is 59.1. The van der Waals surface area contributed by atoms with Gasteiger partial charge in [0.1, 0.15) is 25.4 Å². The average molecular weight is 1180 g/mol. The van der Waals surface area contributed by atoms with Crippen LogP contribution in [-0.4, -0.2) is 95.9 Å². The topological polar surface area (TPSA) is 231 Å². The first-order valence-electron chi connectivity index (χ1n) is 30.5. The summed E-state index contributed by atoms with van der Waals surface area (Å²) in [7, 11) is -9.78. The van der Waals surface area contributed by atoms with E-state index in [4.69, 9.17) is 32.3 Å². The fraction of sp³-hybridized carbons (Fsp3) is 0.698. The Bertz CT molecular complexity index is 1870. The van der Waals surface area contributed by atoms with Gasteiger partial charge >= 0.3 is 33.6 Å². The minimum absolute atomic E-state index is 0.0845. The fourth-order valence-electron chi connectivity index (χ4n) is 7.58. The van der Waals surface area contributed by atoms with E-state index >= 15 is 0 Å². The number of carbonyl (C=O) groups is 3. The lowest BCUT2D eigenvalue weighted by Crippen LogP contribution is -2.30. The predicted octanol–water partition coefficient (Wildman–Crippen LogP) is 16.0. The maximum absolute atomic E-state index is 12.9. The van der Waals surface area contributed by atoms with Crippen molar-refractivity contribution in [3.63, 3.8) is 0 Å². The summed E-state index contributed by atoms with van der Waals surface area (Å²) in [6, 6.07) is 0. The van der Waals surface area contributed by atoms with E-state index in [1.165, 1.54) is 38.5 Å². The van der Waals surface area contributed by atoms with Crippen molar-refractivity contribution in [2.45, 2.75) is 245 Å². The zero-order valence-electron chi connectivity index (χ0n) is 49.9. The highest BCUT2D eigenvalue weighted by Gasteiger charge is 2.29. The van der Waals surface area contributed by atoms with Crippen LogP contribution in [0.2, 0.25) is 0 Å². The summed E-state index contributed by atoms with van der Waals surface area (Å²) in [6.45, 7) is 2.36. The molecule has 0 spiro atoms. The molecule has 0 bridgehead atoms. The SMILES string of the molecule is CC/C=C\C/C=C\C/C=C\C/C=C\C/C=C\CCCC(=O)OCC(O)COP(=O)(O)OCC(O)COP(=O)(O)OCC(COC(=O)CCCCCCC/C=C\CCCCCCCC)OC(=O)CCCCCCC/C=C\C/C=C\CCC. The Morgan fingerprint density at radius 2 is 0.691 bits per heavy atom. The summed E-state index contributed by atoms with van der Waals surface area (Å²) in [5.41, 5.74) is 0. The van der Waals surface area contributed by atoms with E-state index in [-0.39, 0.29) is 19.3 Å². The number of allylic oxidation sites excluding steroid dienone is 16. The summed E-state index contributed by atoms with van der Waals surface area (Å²) in [5.74, 6) is -1.66. The smallest absolute Gasteiger partial charge is 0.463 e. The molecule has 0 aromatic carbocycles. The van der Waals surface area contributed by atoms with Crippen molar-refractivity contribution in [1.29, 1.82) is 0 Å². The van der Waals surface area contributed by atoms with Gasteiger partial charge in [-0.1, -0.05) is 195 Å². The molecule has 0 fully saturated rings. The van der Waals surface area contributed by atoms with Crippen molar-refractivity contribution >= 4 is 33.6 Å². The molecule has 81 heavy (non-hydrogen) atoms. The van der Waals surface area contributed by atoms with Crippen molar-refractivity contribution in [2.75, 3.05) is 39.6 Å². The number of phosphoric acid groups is 2. The van der Waals surface area contributed by atoms with Crippen LogP contribution in [0.1, 0.15) is 226 Å². The second-order valence-corrected chi connectivity index (χ2v) is 23.0. The minimum Gasteiger partial charge on any atom is -0.463 e. The first-order valence-corrected chi connectivity index (χ1v) is 33.5. The average Bonchev–Trinajstić information content (AvgIpc) is 3.44. The van der Waals surface area contributed by atoms with Crippen molar-refractivity contribution < 1.29 is 75.8 Å². The van der Waals surface area contributed by atoms with E-state index < -0.39 is 91.5 Å². The molecule has 5 unspecified atom stereocenters. The highest BCUT2D eigenvalue weighted by atomic mass is 31.2. The highest BCUT2D eigenvalue weighted by Crippen LogP contribution is 2.45. The summed E-state index contributed by atoms with van der Waals surface area (Å²) >= 11 is 0. The molecule has 0 rings (SSSR count). The maximum atomic E-state index is 12.9. The van der Waals surface area contributed by atoms with Crippen LogP contribution in [0.25, 0.3) is 0 Å². The second-order valence-electron chi connectivity index (χ2n) is 20.1. The van der Waals surface area contributed by atoms with Gasteiger partial charge in [-0.3, -0.25) is 32.5 Å². The quantitative estimate of drug-likeness (QED) is 0.0146. The number of aliphatic hydroxyl groups is 2. The zero-order valence-corrected chi connectivity index (χ0v) is 51.7. The number of hydrogen-bond donors (Lipinski definition) is 4. The van der Waals surface area contributed by atoms with Gasteiger partial charge in [-0.25, -0.2) is 9.13 Å². The number of phosphoric ester groups is 2. The van der Waals surface area contributed by atoms with Gasteiger partial charge < -0.3 is 34.2 Å². The summed E-state index contributed by atoms with van der Waals surface area (Å²) in [5, 5.41) is 20.4. The molecule has 0 radical (unpaired) electrons. The number of ether oxygens (including phenoxy) is 3. The van der Waals surface area contributed by atoms with Crippen LogP contribution in [0.3, 0.4) is 0 Å². The van der Waals surface area contributed by atoms with Crippen LogP contribution in [0.5, 0.6) is 0 Å². The summed E-state index contributed by atoms with van der Waals surface area (Å²) < 4.78 is 60.6. The molecule has 0 heterocycles. The van der Waals surface area contributed by atoms with Gasteiger partial charge in [0.25, 0.3) is 0 Å². The van der Waals surface area contributed by atoms with Gasteiger partial charge in [0.2, 0.25) is 0 Å². The van der Waals surface area contributed by atoms with E-state index in [1.54, 1.807) is 0 Å². The molecule has 0 aliphatic carbocycles. The molecular weight excluding hydrogens is 1070 g/mol. The summed E-state index contributed by atoms with van der Waals surface area (Å²) in [4.78, 5) is 58.1. The van der Waals surface area contributed by atoms with Gasteiger partial charge in [0.05, 0.1) is 26.4 Å². The molecule has 0 saturated carbocycles. The lowest BCUT2D eigenvalue weighted by atomic mass is 10.1. The van der Waals surface area contributed by atoms with Crippen LogP contribution in [0.15, 0.2) is 97.2 Å². The Morgan fingerprint density at radius 3 is 1.15 bits per heavy atom. The molecule has 0 saturated heterocycles. The zero-order chi connectivity index (χ0) is 59.6. The molecule has 5 atom stereocenters. The molecule has 16 nitrogen and oxygen atoms in total. The third kappa shape index (κ3) is 58.1. The maximum Gasteiger partial charge on any atom is 0.472 e. The Labute approximate surface area is 488 Å². The minimum atomic E-state index is -4.93. The predicted molar refractivity (Wildman–Crippen MR) is 325 cm³/mol. The standard InChI is InChI=1S/C63H108O16P2/c1-4-7-10-13-16-19-22-25-27-28-30-33-34-37-40-43-46-49-61(66)73-52-58(64)53-75-80(69,70)76-54-59(65)55-77-81(71,72)78-57-60(79-63(68)51-48-45-42-39-36-31-24-21-18-15-12-9-6-3)56-74-62(67)50-47-44-41-38-35-32-29-26-23-20-17-14-11-8-5-2/h7,10,12,15-16,19,21,24-27,29-30,33,37,40,58-60,64-65H,4-6,8-9,11,13-14,17-18,20,22-23,28,31-32,34-36,38-39,41-57H2,1-3H3,(H,69,70)(H,71,72)/b10-7-,15-12-,19-16-,24-21-,27-25-,29-26-,33-30-,40-37-. The highest BCUT2D eigenvalue weighted by molar-refractivity contribution is 7.47. The third-order valence-corrected chi connectivity index (χ3v) is 14.1. The van der Waals surface area contributed by atoms with Gasteiger partial charge in [-0.2, -0.15) is 0 Å². The number of rotatable bonds is 57. The Balaban J connectivity index is 4.74. The van der Waals surface area contributed by atoms with Crippen LogP contribution >= 0.6 is 15.6 Å². The molecular formula is C63H108O16P2. The normalized spacial score (nSPS) is 15.1. The first kappa shape index (κ1) is 77.5. The van der Waals surface area contributed by atoms with Gasteiger partial charge in [0.15, 0.2) is 6.10 Å². The molecule has 0 aromatic heterocycles. The number of unbranched alkanes of at least 4 members (excludes halogenated alkanes) is 18. The van der Waals surface area contributed by atoms with Crippen molar-refractivity contribution in [3.8, 4) is 0 Å². The van der Waals surface area contributed by atoms with Crippen molar-refractivity contribution in [2.24, 2.45) is 0 Å². The van der Waals surface area contributed by atoms with Gasteiger partial charge in [-0.05, 0) is 109 Å². The van der Waals surface area contributed by atoms with Crippen LogP contribution in [0, 0.1) is 0 Å². The molecule has 0 aromatic rings. The Kier molecular flexibility index (Phi) is 54.4. The van der Waals surface area contributed by atoms with E-state index in [0.29, 0.717) is 25.7 Å². The van der Waals surface area contributed by atoms with E-state index in [2.05, 4.69) is 106 Å². The van der Waals surface area contributed by atoms with Gasteiger partial charge in [0, 0.05) is 19.3 Å². The van der Waals surface area contributed by atoms with E-state index in [1.807, 2.05) is 12.2 Å². The van der Waals surface area contributed by atoms with Crippen LogP contribution in [-0.2, 0) is 55.8 Å². The molecule has 0 amide bonds. The molecule has 466 valence electrons. The number of hydrogen-bond acceptors (Lipinski definition) is 14. The van der Waals surface area contributed by atoms with Crippen LogP contribution < -0.4 is 0 Å². The first-order chi connectivity index (χ1) is 39.2. The fourth-order valence-corrected chi connectivity index (χ4v) is 9.16. The third-order valence-electron chi connectivity index (χ3n) is 12.2. The number of esters is 3. The Morgan fingerprint density at radius 1 is 0.358 bits per heavy atom. The monoisotopic (exact) mass is 1180 g/mol. The second kappa shape index (κ2) is 56.9. The van der Waals surface area contributed by atoms with Crippen molar-refractivity contribution in [3.05, 3.63) is 97.2 Å². The lowest BCUT2D eigenvalue weighted by molar-refractivity contribution is -0.161. The lowest BCUT2D eigenvalue weighted by Gasteiger charge is -2.21. The molecule has 18 heteroatoms. The van der Waals surface area contributed by atoms with Crippen LogP contribution in [0.4, 0.5) is 0 Å². The Hall–Kier alpha value is -3.53. The van der Waals surface area contributed by atoms with E-state index in [9.17, 15) is 43.5 Å². The number of carbonyl (C=O) groups excluding carboxylic acids is 3. The molecule has 4 N–H and O–H groups in total. The van der Waals surface area contributed by atoms with E-state index in [0.717, 1.165) is 122 Å². The van der Waals surface area contributed by atoms with Gasteiger partial charge in [-0.15, -0.1) is 0 Å². The van der Waals surface area contributed by atoms with Crippen molar-refractivity contribution in [1.82, 2.24) is 0 Å². The largest absolute Gasteiger partial charge is 0.472 e. The molecule has 0 aliphatic rings. The molecule has 0 aliphatic heterocycles. The number of aliphatic hydroxyl groups excluding tert-OH is 2.